The maximum atomic E-state index is 13.3. The van der Waals surface area contributed by atoms with Crippen LogP contribution in [0.3, 0.4) is 0 Å². The van der Waals surface area contributed by atoms with Crippen molar-refractivity contribution in [3.63, 3.8) is 0 Å². The lowest BCUT2D eigenvalue weighted by Crippen LogP contribution is -2.47. The van der Waals surface area contributed by atoms with Crippen LogP contribution in [0.2, 0.25) is 0 Å². The van der Waals surface area contributed by atoms with Crippen LogP contribution in [0.4, 0.5) is 0 Å². The summed E-state index contributed by atoms with van der Waals surface area (Å²) >= 11 is 0. The number of nitrogens with one attached hydrogen (secondary N) is 2. The summed E-state index contributed by atoms with van der Waals surface area (Å²) < 4.78 is 67.1. The number of hydrogen-bond acceptors (Lipinski definition) is 9. The number of benzene rings is 3. The van der Waals surface area contributed by atoms with Crippen LogP contribution in [0.5, 0.6) is 5.75 Å². The van der Waals surface area contributed by atoms with E-state index in [0.29, 0.717) is 43.2 Å². The fraction of sp³-hybridized carbons (Fsp3) is 0.448. The summed E-state index contributed by atoms with van der Waals surface area (Å²) in [6.45, 7) is 1.81. The maximum Gasteiger partial charge on any atom is 0.243 e. The second-order valence-electron chi connectivity index (χ2n) is 10.8. The first kappa shape index (κ1) is 30.8. The van der Waals surface area contributed by atoms with Crippen LogP contribution in [-0.4, -0.2) is 89.9 Å². The molecule has 0 saturated carbocycles. The number of fused-ring (bicyclic) bond motifs is 1. The number of aliphatic hydroxyl groups is 1. The molecule has 2 heterocycles. The van der Waals surface area contributed by atoms with Crippen molar-refractivity contribution in [2.24, 2.45) is 5.73 Å². The molecule has 2 saturated heterocycles. The molecule has 2 unspecified atom stereocenters. The van der Waals surface area contributed by atoms with Crippen molar-refractivity contribution in [3.8, 4) is 5.75 Å². The van der Waals surface area contributed by atoms with Gasteiger partial charge in [-0.25, -0.2) is 21.6 Å². The van der Waals surface area contributed by atoms with Crippen molar-refractivity contribution < 1.29 is 31.4 Å². The third-order valence-corrected chi connectivity index (χ3v) is 11.2. The molecule has 2 atom stereocenters. The van der Waals surface area contributed by atoms with Gasteiger partial charge in [0.25, 0.3) is 0 Å². The van der Waals surface area contributed by atoms with Crippen molar-refractivity contribution in [1.29, 1.82) is 0 Å². The van der Waals surface area contributed by atoms with Gasteiger partial charge in [0.2, 0.25) is 20.0 Å². The minimum atomic E-state index is -3.69. The lowest BCUT2D eigenvalue weighted by molar-refractivity contribution is -0.0312. The second-order valence-corrected chi connectivity index (χ2v) is 14.5. The van der Waals surface area contributed by atoms with E-state index >= 15 is 0 Å². The topological polar surface area (TPSA) is 160 Å². The molecule has 5 rings (SSSR count). The van der Waals surface area contributed by atoms with E-state index < -0.39 is 31.8 Å². The molecule has 42 heavy (non-hydrogen) atoms. The number of hydrogen-bond donors (Lipinski definition) is 4. The molecule has 3 aromatic carbocycles. The van der Waals surface area contributed by atoms with Gasteiger partial charge in [-0.05, 0) is 54.3 Å². The molecule has 2 aliphatic heterocycles. The van der Waals surface area contributed by atoms with Gasteiger partial charge in [0.1, 0.15) is 18.5 Å². The van der Waals surface area contributed by atoms with E-state index in [4.69, 9.17) is 15.2 Å². The van der Waals surface area contributed by atoms with Crippen LogP contribution >= 0.6 is 0 Å². The SMILES string of the molecule is NCCNS(=O)(=O)c1cccc(OCC(O)CNC2COC3(CCN(S(=O)(=O)c4ccc5ccccc5c4)CC3)C2)c1. The van der Waals surface area contributed by atoms with E-state index in [-0.39, 0.29) is 37.2 Å². The Kier molecular flexibility index (Phi) is 9.50. The first-order valence-corrected chi connectivity index (χ1v) is 17.0. The van der Waals surface area contributed by atoms with Crippen LogP contribution in [0, 0.1) is 0 Å². The lowest BCUT2D eigenvalue weighted by atomic mass is 9.88. The first-order chi connectivity index (χ1) is 20.1. The molecule has 1 spiro atoms. The summed E-state index contributed by atoms with van der Waals surface area (Å²) in [7, 11) is -7.29. The third-order valence-electron chi connectivity index (χ3n) is 7.84. The minimum Gasteiger partial charge on any atom is -0.491 e. The van der Waals surface area contributed by atoms with Gasteiger partial charge in [-0.15, -0.1) is 0 Å². The van der Waals surface area contributed by atoms with Gasteiger partial charge in [-0.1, -0.05) is 36.4 Å². The highest BCUT2D eigenvalue weighted by Gasteiger charge is 2.44. The average molecular weight is 619 g/mol. The van der Waals surface area contributed by atoms with Crippen molar-refractivity contribution in [1.82, 2.24) is 14.3 Å². The van der Waals surface area contributed by atoms with E-state index in [2.05, 4.69) is 10.0 Å². The monoisotopic (exact) mass is 618 g/mol. The van der Waals surface area contributed by atoms with E-state index in [1.54, 1.807) is 28.6 Å². The molecule has 0 aliphatic carbocycles. The Bertz CT molecular complexity index is 1590. The molecular weight excluding hydrogens is 580 g/mol. The third kappa shape index (κ3) is 7.12. The summed E-state index contributed by atoms with van der Waals surface area (Å²) in [6.07, 6.45) is 1.10. The van der Waals surface area contributed by atoms with E-state index in [1.807, 2.05) is 30.3 Å². The highest BCUT2D eigenvalue weighted by atomic mass is 32.2. The van der Waals surface area contributed by atoms with Crippen LogP contribution < -0.4 is 20.5 Å². The van der Waals surface area contributed by atoms with Gasteiger partial charge >= 0.3 is 0 Å². The minimum absolute atomic E-state index is 0.0189. The zero-order chi connectivity index (χ0) is 29.8. The molecule has 11 nitrogen and oxygen atoms in total. The van der Waals surface area contributed by atoms with Crippen molar-refractivity contribution >= 4 is 30.8 Å². The van der Waals surface area contributed by atoms with Crippen LogP contribution in [-0.2, 0) is 24.8 Å². The van der Waals surface area contributed by atoms with Crippen molar-refractivity contribution in [3.05, 3.63) is 66.7 Å². The summed E-state index contributed by atoms with van der Waals surface area (Å²) in [5.74, 6) is 0.332. The van der Waals surface area contributed by atoms with E-state index in [0.717, 1.165) is 17.2 Å². The van der Waals surface area contributed by atoms with Gasteiger partial charge in [-0.2, -0.15) is 4.31 Å². The Morgan fingerprint density at radius 3 is 2.52 bits per heavy atom. The largest absolute Gasteiger partial charge is 0.491 e. The summed E-state index contributed by atoms with van der Waals surface area (Å²) in [5, 5.41) is 15.7. The molecule has 3 aromatic rings. The highest BCUT2D eigenvalue weighted by Crippen LogP contribution is 2.37. The summed E-state index contributed by atoms with van der Waals surface area (Å²) in [5.41, 5.74) is 4.99. The van der Waals surface area contributed by atoms with E-state index in [9.17, 15) is 21.9 Å². The fourth-order valence-corrected chi connectivity index (χ4v) is 8.06. The van der Waals surface area contributed by atoms with Gasteiger partial charge in [0.05, 0.1) is 22.0 Å². The predicted octanol–water partition coefficient (Wildman–Crippen LogP) is 1.42. The van der Waals surface area contributed by atoms with Crippen molar-refractivity contribution in [2.75, 3.05) is 45.9 Å². The zero-order valence-electron chi connectivity index (χ0n) is 23.3. The number of ether oxygens (including phenoxy) is 2. The number of sulfonamides is 2. The molecule has 228 valence electrons. The molecule has 2 fully saturated rings. The molecular formula is C29H38N4O7S2. The Balaban J connectivity index is 1.08. The van der Waals surface area contributed by atoms with Crippen LogP contribution in [0.25, 0.3) is 10.8 Å². The standard InChI is InChI=1S/C29H38N4O7S2/c30-12-13-32-41(35,36)27-7-3-6-26(17-27)39-21-25(34)19-31-24-18-29(40-20-24)10-14-33(15-11-29)42(37,38)28-9-8-22-4-1-2-5-23(22)16-28/h1-9,16-17,24-25,31-32,34H,10-15,18-21,30H2. The smallest absolute Gasteiger partial charge is 0.243 e. The fourth-order valence-electron chi connectivity index (χ4n) is 5.50. The molecule has 0 amide bonds. The first-order valence-electron chi connectivity index (χ1n) is 14.1. The van der Waals surface area contributed by atoms with Gasteiger partial charge in [0.15, 0.2) is 0 Å². The maximum absolute atomic E-state index is 13.3. The zero-order valence-corrected chi connectivity index (χ0v) is 24.9. The lowest BCUT2D eigenvalue weighted by Gasteiger charge is -2.38. The number of piperidine rings is 1. The quantitative estimate of drug-likeness (QED) is 0.235. The summed E-state index contributed by atoms with van der Waals surface area (Å²) in [6, 6.07) is 19.0. The Morgan fingerprint density at radius 1 is 1.00 bits per heavy atom. The van der Waals surface area contributed by atoms with Gasteiger partial charge in [-0.3, -0.25) is 0 Å². The Labute approximate surface area is 247 Å². The van der Waals surface area contributed by atoms with Gasteiger partial charge in [0, 0.05) is 44.8 Å². The normalized spacial score (nSPS) is 20.2. The predicted molar refractivity (Wildman–Crippen MR) is 159 cm³/mol. The molecule has 0 aromatic heterocycles. The number of nitrogens with zero attached hydrogens (tertiary/aromatic N) is 1. The Hall–Kier alpha value is -2.62. The van der Waals surface area contributed by atoms with Gasteiger partial charge < -0.3 is 25.6 Å². The number of nitrogens with two attached hydrogens (primary N) is 1. The van der Waals surface area contributed by atoms with Crippen LogP contribution in [0.1, 0.15) is 19.3 Å². The highest BCUT2D eigenvalue weighted by molar-refractivity contribution is 7.89. The number of rotatable bonds is 12. The second kappa shape index (κ2) is 12.9. The Morgan fingerprint density at radius 2 is 1.76 bits per heavy atom. The summed E-state index contributed by atoms with van der Waals surface area (Å²) in [4.78, 5) is 0.363. The van der Waals surface area contributed by atoms with Crippen molar-refractivity contribution in [2.45, 2.75) is 46.8 Å². The molecule has 2 aliphatic rings. The van der Waals surface area contributed by atoms with E-state index in [1.165, 1.54) is 12.1 Å². The molecule has 0 bridgehead atoms. The molecule has 5 N–H and O–H groups in total. The molecule has 13 heteroatoms. The average Bonchev–Trinajstić information content (AvgIpc) is 3.40. The molecule has 0 radical (unpaired) electrons. The number of aliphatic hydroxyl groups excluding tert-OH is 1. The van der Waals surface area contributed by atoms with Crippen LogP contribution in [0.15, 0.2) is 76.5 Å².